The summed E-state index contributed by atoms with van der Waals surface area (Å²) in [6.45, 7) is 9.23. The van der Waals surface area contributed by atoms with Gasteiger partial charge < -0.3 is 15.0 Å². The van der Waals surface area contributed by atoms with Crippen molar-refractivity contribution in [3.05, 3.63) is 126 Å². The highest BCUT2D eigenvalue weighted by Gasteiger charge is 2.35. The van der Waals surface area contributed by atoms with Gasteiger partial charge in [0.25, 0.3) is 10.0 Å². The summed E-state index contributed by atoms with van der Waals surface area (Å²) in [5.74, 6) is -1.01. The molecule has 0 spiro atoms. The number of carbonyl (C=O) groups excluding carboxylic acids is 2. The van der Waals surface area contributed by atoms with E-state index in [9.17, 15) is 22.4 Å². The smallest absolute Gasteiger partial charge is 0.264 e. The summed E-state index contributed by atoms with van der Waals surface area (Å²) in [5.41, 5.74) is 2.26. The SMILES string of the molecule is CCOc1ccc(N(CC(=O)N(Cc2ccc(C)cc2)[C@H](Cc2ccccc2)C(=O)NC(C)(C)C)S(=O)(=O)c2ccc(F)cc2)cc1. The molecule has 47 heavy (non-hydrogen) atoms. The number of anilines is 1. The van der Waals surface area contributed by atoms with E-state index < -0.39 is 39.9 Å². The number of nitrogens with one attached hydrogen (secondary N) is 1. The van der Waals surface area contributed by atoms with Gasteiger partial charge in [-0.15, -0.1) is 0 Å². The Balaban J connectivity index is 1.81. The zero-order chi connectivity index (χ0) is 34.2. The summed E-state index contributed by atoms with van der Waals surface area (Å²) in [6.07, 6.45) is 0.203. The molecule has 0 aliphatic rings. The van der Waals surface area contributed by atoms with Crippen molar-refractivity contribution in [3.8, 4) is 5.75 Å². The predicted molar refractivity (Wildman–Crippen MR) is 182 cm³/mol. The van der Waals surface area contributed by atoms with Crippen LogP contribution < -0.4 is 14.4 Å². The highest BCUT2D eigenvalue weighted by molar-refractivity contribution is 7.92. The lowest BCUT2D eigenvalue weighted by molar-refractivity contribution is -0.140. The number of aryl methyl sites for hydroxylation is 1. The molecule has 10 heteroatoms. The second-order valence-electron chi connectivity index (χ2n) is 12.3. The van der Waals surface area contributed by atoms with Crippen molar-refractivity contribution < 1.29 is 27.1 Å². The van der Waals surface area contributed by atoms with Gasteiger partial charge in [0, 0.05) is 18.5 Å². The van der Waals surface area contributed by atoms with Crippen molar-refractivity contribution in [1.29, 1.82) is 0 Å². The van der Waals surface area contributed by atoms with E-state index in [2.05, 4.69) is 5.32 Å². The van der Waals surface area contributed by atoms with Gasteiger partial charge in [0.1, 0.15) is 24.2 Å². The first-order valence-electron chi connectivity index (χ1n) is 15.5. The molecule has 8 nitrogen and oxygen atoms in total. The number of nitrogens with zero attached hydrogens (tertiary/aromatic N) is 2. The molecule has 1 N–H and O–H groups in total. The van der Waals surface area contributed by atoms with E-state index in [1.807, 2.05) is 89.2 Å². The maximum Gasteiger partial charge on any atom is 0.264 e. The Hall–Kier alpha value is -4.70. The topological polar surface area (TPSA) is 96.0 Å². The van der Waals surface area contributed by atoms with Crippen LogP contribution >= 0.6 is 0 Å². The number of halogens is 1. The Morgan fingerprint density at radius 3 is 2.04 bits per heavy atom. The fourth-order valence-electron chi connectivity index (χ4n) is 5.03. The van der Waals surface area contributed by atoms with Crippen molar-refractivity contribution in [1.82, 2.24) is 10.2 Å². The molecule has 0 aliphatic carbocycles. The molecule has 4 rings (SSSR count). The lowest BCUT2D eigenvalue weighted by Crippen LogP contribution is -2.56. The molecule has 0 saturated heterocycles. The first-order valence-corrected chi connectivity index (χ1v) is 16.9. The number of hydrogen-bond acceptors (Lipinski definition) is 5. The van der Waals surface area contributed by atoms with Crippen LogP contribution in [0.4, 0.5) is 10.1 Å². The Bertz CT molecular complexity index is 1740. The third-order valence-corrected chi connectivity index (χ3v) is 9.15. The van der Waals surface area contributed by atoms with Crippen LogP contribution in [0.25, 0.3) is 0 Å². The second kappa shape index (κ2) is 15.3. The normalized spacial score (nSPS) is 12.2. The van der Waals surface area contributed by atoms with E-state index in [1.54, 1.807) is 24.3 Å². The lowest BCUT2D eigenvalue weighted by atomic mass is 10.0. The Labute approximate surface area is 277 Å². The maximum atomic E-state index is 14.6. The van der Waals surface area contributed by atoms with Crippen LogP contribution in [-0.4, -0.2) is 49.9 Å². The van der Waals surface area contributed by atoms with E-state index in [0.717, 1.165) is 45.3 Å². The van der Waals surface area contributed by atoms with Gasteiger partial charge in [-0.2, -0.15) is 0 Å². The zero-order valence-corrected chi connectivity index (χ0v) is 28.3. The number of sulfonamides is 1. The van der Waals surface area contributed by atoms with Gasteiger partial charge in [-0.05, 0) is 94.3 Å². The molecule has 2 amide bonds. The largest absolute Gasteiger partial charge is 0.494 e. The number of ether oxygens (including phenoxy) is 1. The number of rotatable bonds is 13. The van der Waals surface area contributed by atoms with Crippen LogP contribution in [0.5, 0.6) is 5.75 Å². The number of amides is 2. The van der Waals surface area contributed by atoms with Crippen molar-refractivity contribution >= 4 is 27.5 Å². The molecule has 0 saturated carbocycles. The second-order valence-corrected chi connectivity index (χ2v) is 14.2. The third-order valence-electron chi connectivity index (χ3n) is 7.36. The molecule has 4 aromatic rings. The quantitative estimate of drug-likeness (QED) is 0.182. The minimum Gasteiger partial charge on any atom is -0.494 e. The van der Waals surface area contributed by atoms with Gasteiger partial charge >= 0.3 is 0 Å². The van der Waals surface area contributed by atoms with Crippen LogP contribution in [0.15, 0.2) is 108 Å². The average Bonchev–Trinajstić information content (AvgIpc) is 3.03. The molecule has 0 bridgehead atoms. The summed E-state index contributed by atoms with van der Waals surface area (Å²) < 4.78 is 48.6. The van der Waals surface area contributed by atoms with Crippen LogP contribution in [0.3, 0.4) is 0 Å². The molecule has 4 aromatic carbocycles. The van der Waals surface area contributed by atoms with Gasteiger partial charge in [-0.25, -0.2) is 12.8 Å². The predicted octanol–water partition coefficient (Wildman–Crippen LogP) is 6.28. The minimum absolute atomic E-state index is 0.0574. The van der Waals surface area contributed by atoms with E-state index in [4.69, 9.17) is 4.74 Å². The number of hydrogen-bond donors (Lipinski definition) is 1. The lowest BCUT2D eigenvalue weighted by Gasteiger charge is -2.35. The first-order chi connectivity index (χ1) is 22.3. The number of benzene rings is 4. The van der Waals surface area contributed by atoms with Gasteiger partial charge in [0.2, 0.25) is 11.8 Å². The average molecular weight is 660 g/mol. The van der Waals surface area contributed by atoms with Crippen LogP contribution in [0, 0.1) is 12.7 Å². The van der Waals surface area contributed by atoms with Crippen molar-refractivity contribution in [3.63, 3.8) is 0 Å². The van der Waals surface area contributed by atoms with E-state index in [0.29, 0.717) is 12.4 Å². The summed E-state index contributed by atoms with van der Waals surface area (Å²) in [4.78, 5) is 29.8. The van der Waals surface area contributed by atoms with Gasteiger partial charge in [-0.3, -0.25) is 13.9 Å². The molecule has 248 valence electrons. The molecular weight excluding hydrogens is 617 g/mol. The van der Waals surface area contributed by atoms with Crippen molar-refractivity contribution in [2.24, 2.45) is 0 Å². The van der Waals surface area contributed by atoms with Gasteiger partial charge in [0.05, 0.1) is 17.2 Å². The Kier molecular flexibility index (Phi) is 11.4. The molecular formula is C37H42FN3O5S. The fourth-order valence-corrected chi connectivity index (χ4v) is 6.45. The van der Waals surface area contributed by atoms with E-state index in [1.165, 1.54) is 4.90 Å². The minimum atomic E-state index is -4.36. The molecule has 0 aliphatic heterocycles. The van der Waals surface area contributed by atoms with Gasteiger partial charge in [-0.1, -0.05) is 60.2 Å². The maximum absolute atomic E-state index is 14.6. The molecule has 0 radical (unpaired) electrons. The number of carbonyl (C=O) groups is 2. The van der Waals surface area contributed by atoms with E-state index in [-0.39, 0.29) is 29.5 Å². The van der Waals surface area contributed by atoms with Gasteiger partial charge in [0.15, 0.2) is 0 Å². The highest BCUT2D eigenvalue weighted by atomic mass is 32.2. The molecule has 0 fully saturated rings. The van der Waals surface area contributed by atoms with Crippen molar-refractivity contribution in [2.75, 3.05) is 17.5 Å². The van der Waals surface area contributed by atoms with E-state index >= 15 is 0 Å². The molecule has 0 aromatic heterocycles. The highest BCUT2D eigenvalue weighted by Crippen LogP contribution is 2.27. The standard InChI is InChI=1S/C37H42FN3O5S/c1-6-46-32-20-18-31(19-21-32)41(47(44,45)33-22-16-30(38)17-23-33)26-35(42)40(25-29-14-12-27(2)13-15-29)34(36(43)39-37(3,4)5)24-28-10-8-7-9-11-28/h7-23,34H,6,24-26H2,1-5H3,(H,39,43)/t34-/m1/s1. The third kappa shape index (κ3) is 9.65. The van der Waals surface area contributed by atoms with Crippen LogP contribution in [-0.2, 0) is 32.6 Å². The first kappa shape index (κ1) is 35.2. The Morgan fingerprint density at radius 1 is 0.851 bits per heavy atom. The summed E-state index contributed by atoms with van der Waals surface area (Å²) in [5, 5.41) is 3.02. The summed E-state index contributed by atoms with van der Waals surface area (Å²) in [6, 6.07) is 26.8. The Morgan fingerprint density at radius 2 is 1.47 bits per heavy atom. The zero-order valence-electron chi connectivity index (χ0n) is 27.4. The molecule has 1 atom stereocenters. The van der Waals surface area contributed by atoms with Crippen LogP contribution in [0.1, 0.15) is 44.4 Å². The fraction of sp³-hybridized carbons (Fsp3) is 0.297. The summed E-state index contributed by atoms with van der Waals surface area (Å²) >= 11 is 0. The monoisotopic (exact) mass is 659 g/mol. The summed E-state index contributed by atoms with van der Waals surface area (Å²) in [7, 11) is -4.36. The molecule has 0 heterocycles. The molecule has 0 unspecified atom stereocenters. The van der Waals surface area contributed by atoms with Crippen LogP contribution in [0.2, 0.25) is 0 Å². The van der Waals surface area contributed by atoms with Crippen molar-refractivity contribution in [2.45, 2.75) is 64.1 Å².